The van der Waals surface area contributed by atoms with E-state index in [1.807, 2.05) is 12.1 Å². The van der Waals surface area contributed by atoms with Crippen molar-refractivity contribution in [3.05, 3.63) is 71.4 Å². The second-order valence-corrected chi connectivity index (χ2v) is 7.48. The molecule has 4 rings (SSSR count). The van der Waals surface area contributed by atoms with Gasteiger partial charge in [-0.25, -0.2) is 4.98 Å². The van der Waals surface area contributed by atoms with E-state index in [1.165, 1.54) is 0 Å². The van der Waals surface area contributed by atoms with Crippen LogP contribution in [-0.4, -0.2) is 42.5 Å². The monoisotopic (exact) mass is 417 g/mol. The zero-order valence-electron chi connectivity index (χ0n) is 16.9. The lowest BCUT2D eigenvalue weighted by atomic mass is 9.97. The Morgan fingerprint density at radius 3 is 3.00 bits per heavy atom. The summed E-state index contributed by atoms with van der Waals surface area (Å²) in [5.74, 6) is 5.41. The summed E-state index contributed by atoms with van der Waals surface area (Å²) in [6, 6.07) is 7.43. The summed E-state index contributed by atoms with van der Waals surface area (Å²) in [6.07, 6.45) is 7.70. The number of aliphatic hydroxyl groups is 1. The number of pyridine rings is 2. The van der Waals surface area contributed by atoms with Gasteiger partial charge in [-0.2, -0.15) is 5.10 Å². The van der Waals surface area contributed by atoms with Gasteiger partial charge in [0.1, 0.15) is 5.82 Å². The van der Waals surface area contributed by atoms with Crippen molar-refractivity contribution >= 4 is 11.8 Å². The van der Waals surface area contributed by atoms with E-state index < -0.39 is 12.1 Å². The molecular weight excluding hydrogens is 394 g/mol. The average Bonchev–Trinajstić information content (AvgIpc) is 3.24. The molecule has 0 amide bonds. The highest BCUT2D eigenvalue weighted by Crippen LogP contribution is 2.23. The molecule has 0 fully saturated rings. The third kappa shape index (κ3) is 5.27. The average molecular weight is 417 g/mol. The van der Waals surface area contributed by atoms with E-state index in [4.69, 9.17) is 0 Å². The number of aromatic nitrogens is 4. The number of anilines is 1. The van der Waals surface area contributed by atoms with Gasteiger partial charge in [0, 0.05) is 37.6 Å². The van der Waals surface area contributed by atoms with Crippen LogP contribution in [0.15, 0.2) is 49.1 Å². The Kier molecular flexibility index (Phi) is 6.24. The number of nitrogens with zero attached hydrogens (tertiary/aromatic N) is 4. The first-order valence-corrected chi connectivity index (χ1v) is 10.2. The molecule has 0 spiro atoms. The zero-order chi connectivity index (χ0) is 21.6. The summed E-state index contributed by atoms with van der Waals surface area (Å²) in [5.41, 5.74) is 3.14. The summed E-state index contributed by atoms with van der Waals surface area (Å²) in [6.45, 7) is 1.27. The van der Waals surface area contributed by atoms with Crippen molar-refractivity contribution in [1.29, 1.82) is 0 Å². The standard InChI is InChI=1S/C23H23N5O3/c29-21(20-7-6-17-3-2-10-25-23(17)27-20)8-5-16-12-26-28(14-16)15-19(11-22(30)31)18-4-1-9-24-13-18/h1,4,6-7,9,12-14,19,21,29H,2-3,10-11,15H2,(H,25,27)(H,30,31). The zero-order valence-corrected chi connectivity index (χ0v) is 16.9. The van der Waals surface area contributed by atoms with Crippen LogP contribution < -0.4 is 5.32 Å². The maximum Gasteiger partial charge on any atom is 0.304 e. The number of hydrogen-bond donors (Lipinski definition) is 3. The molecule has 0 saturated carbocycles. The Morgan fingerprint density at radius 1 is 1.29 bits per heavy atom. The van der Waals surface area contributed by atoms with Crippen LogP contribution in [0.1, 0.15) is 47.2 Å². The number of nitrogens with one attached hydrogen (secondary N) is 1. The smallest absolute Gasteiger partial charge is 0.304 e. The largest absolute Gasteiger partial charge is 0.481 e. The molecule has 31 heavy (non-hydrogen) atoms. The highest BCUT2D eigenvalue weighted by molar-refractivity contribution is 5.68. The van der Waals surface area contributed by atoms with Gasteiger partial charge in [0.25, 0.3) is 0 Å². The van der Waals surface area contributed by atoms with Gasteiger partial charge in [0.15, 0.2) is 6.10 Å². The van der Waals surface area contributed by atoms with E-state index >= 15 is 0 Å². The van der Waals surface area contributed by atoms with E-state index in [9.17, 15) is 15.0 Å². The summed E-state index contributed by atoms with van der Waals surface area (Å²) in [7, 11) is 0. The Bertz CT molecular complexity index is 1120. The number of hydrogen-bond acceptors (Lipinski definition) is 6. The van der Waals surface area contributed by atoms with Crippen LogP contribution in [0.2, 0.25) is 0 Å². The van der Waals surface area contributed by atoms with Crippen LogP contribution in [0.3, 0.4) is 0 Å². The number of carbonyl (C=O) groups is 1. The van der Waals surface area contributed by atoms with Gasteiger partial charge in [-0.3, -0.25) is 14.5 Å². The number of carboxylic acid groups (broad SMARTS) is 1. The molecule has 2 atom stereocenters. The van der Waals surface area contributed by atoms with Crippen LogP contribution >= 0.6 is 0 Å². The molecule has 158 valence electrons. The van der Waals surface area contributed by atoms with Crippen molar-refractivity contribution in [1.82, 2.24) is 19.7 Å². The Morgan fingerprint density at radius 2 is 2.19 bits per heavy atom. The molecule has 0 bridgehead atoms. The summed E-state index contributed by atoms with van der Waals surface area (Å²) in [5, 5.41) is 27.2. The minimum Gasteiger partial charge on any atom is -0.481 e. The molecule has 8 nitrogen and oxygen atoms in total. The van der Waals surface area contributed by atoms with Crippen molar-refractivity contribution in [2.24, 2.45) is 0 Å². The van der Waals surface area contributed by atoms with Crippen LogP contribution in [0.4, 0.5) is 5.82 Å². The first kappa shape index (κ1) is 20.6. The first-order valence-electron chi connectivity index (χ1n) is 10.2. The number of aliphatic carboxylic acids is 1. The second kappa shape index (κ2) is 9.41. The van der Waals surface area contributed by atoms with Crippen molar-refractivity contribution in [3.8, 4) is 11.8 Å². The number of aliphatic hydroxyl groups excluding tert-OH is 1. The maximum absolute atomic E-state index is 11.3. The lowest BCUT2D eigenvalue weighted by Crippen LogP contribution is -2.14. The maximum atomic E-state index is 11.3. The van der Waals surface area contributed by atoms with Gasteiger partial charge >= 0.3 is 5.97 Å². The summed E-state index contributed by atoms with van der Waals surface area (Å²) in [4.78, 5) is 19.8. The molecule has 8 heteroatoms. The molecule has 3 N–H and O–H groups in total. The van der Waals surface area contributed by atoms with Crippen LogP contribution in [0.25, 0.3) is 0 Å². The fourth-order valence-corrected chi connectivity index (χ4v) is 3.59. The van der Waals surface area contributed by atoms with E-state index in [0.717, 1.165) is 36.3 Å². The topological polar surface area (TPSA) is 113 Å². The number of fused-ring (bicyclic) bond motifs is 1. The van der Waals surface area contributed by atoms with Gasteiger partial charge in [0.2, 0.25) is 0 Å². The van der Waals surface area contributed by atoms with Crippen LogP contribution in [0.5, 0.6) is 0 Å². The third-order valence-electron chi connectivity index (χ3n) is 5.17. The van der Waals surface area contributed by atoms with Gasteiger partial charge in [-0.1, -0.05) is 24.0 Å². The van der Waals surface area contributed by atoms with E-state index in [-0.39, 0.29) is 12.3 Å². The van der Waals surface area contributed by atoms with E-state index in [1.54, 1.807) is 41.6 Å². The van der Waals surface area contributed by atoms with Crippen molar-refractivity contribution in [2.45, 2.75) is 37.8 Å². The Labute approximate surface area is 180 Å². The molecule has 3 aromatic heterocycles. The molecule has 0 aromatic carbocycles. The molecule has 0 saturated heterocycles. The molecule has 2 unspecified atom stereocenters. The van der Waals surface area contributed by atoms with Crippen molar-refractivity contribution in [2.75, 3.05) is 11.9 Å². The van der Waals surface area contributed by atoms with Crippen LogP contribution in [0, 0.1) is 11.8 Å². The molecule has 1 aliphatic rings. The van der Waals surface area contributed by atoms with Gasteiger partial charge in [-0.15, -0.1) is 0 Å². The van der Waals surface area contributed by atoms with Crippen molar-refractivity contribution in [3.63, 3.8) is 0 Å². The number of carboxylic acids is 1. The van der Waals surface area contributed by atoms with Crippen molar-refractivity contribution < 1.29 is 15.0 Å². The minimum atomic E-state index is -1.01. The molecule has 3 aromatic rings. The fourth-order valence-electron chi connectivity index (χ4n) is 3.59. The molecule has 4 heterocycles. The lowest BCUT2D eigenvalue weighted by molar-refractivity contribution is -0.137. The van der Waals surface area contributed by atoms with Gasteiger partial charge in [0.05, 0.1) is 23.9 Å². The quantitative estimate of drug-likeness (QED) is 0.528. The second-order valence-electron chi connectivity index (χ2n) is 7.48. The number of rotatable bonds is 6. The fraction of sp³-hybridized carbons (Fsp3) is 0.304. The minimum absolute atomic E-state index is 0.0245. The summed E-state index contributed by atoms with van der Waals surface area (Å²) >= 11 is 0. The highest BCUT2D eigenvalue weighted by Gasteiger charge is 2.17. The summed E-state index contributed by atoms with van der Waals surface area (Å²) < 4.78 is 1.66. The third-order valence-corrected chi connectivity index (χ3v) is 5.17. The highest BCUT2D eigenvalue weighted by atomic mass is 16.4. The first-order chi connectivity index (χ1) is 15.1. The normalized spacial score (nSPS) is 14.5. The Hall–Kier alpha value is -3.70. The van der Waals surface area contributed by atoms with E-state index in [2.05, 4.69) is 32.2 Å². The Balaban J connectivity index is 1.45. The SMILES string of the molecule is O=C(O)CC(Cn1cc(C#CC(O)c2ccc3c(n2)NCCC3)cn1)c1cccnc1. The number of aryl methyl sites for hydroxylation is 1. The molecular formula is C23H23N5O3. The molecule has 0 aliphatic carbocycles. The predicted molar refractivity (Wildman–Crippen MR) is 114 cm³/mol. The van der Waals surface area contributed by atoms with Gasteiger partial charge < -0.3 is 15.5 Å². The van der Waals surface area contributed by atoms with Crippen LogP contribution in [-0.2, 0) is 17.8 Å². The molecule has 1 aliphatic heterocycles. The molecule has 0 radical (unpaired) electrons. The predicted octanol–water partition coefficient (Wildman–Crippen LogP) is 2.37. The lowest BCUT2D eigenvalue weighted by Gasteiger charge is -2.17. The van der Waals surface area contributed by atoms with E-state index in [0.29, 0.717) is 17.8 Å². The van der Waals surface area contributed by atoms with Gasteiger partial charge in [-0.05, 0) is 36.1 Å².